The predicted molar refractivity (Wildman–Crippen MR) is 96.0 cm³/mol. The second-order valence-electron chi connectivity index (χ2n) is 5.95. The Hall–Kier alpha value is -1.74. The largest absolute Gasteiger partial charge is 0.442 e. The van der Waals surface area contributed by atoms with E-state index >= 15 is 0 Å². The molecule has 0 bridgehead atoms. The zero-order valence-corrected chi connectivity index (χ0v) is 15.3. The molecule has 144 valence electrons. The van der Waals surface area contributed by atoms with Crippen molar-refractivity contribution < 1.29 is 22.8 Å². The number of nitrogens with zero attached hydrogens (tertiary/aromatic N) is 2. The van der Waals surface area contributed by atoms with Gasteiger partial charge < -0.3 is 10.2 Å². The molecule has 0 unspecified atom stereocenters. The third-order valence-electron chi connectivity index (χ3n) is 4.12. The summed E-state index contributed by atoms with van der Waals surface area (Å²) in [5.74, 6) is -1.26. The van der Waals surface area contributed by atoms with Crippen molar-refractivity contribution in [2.75, 3.05) is 43.8 Å². The number of aryl methyl sites for hydroxylation is 1. The van der Waals surface area contributed by atoms with Crippen LogP contribution in [0.25, 0.3) is 0 Å². The average Bonchev–Trinajstić information content (AvgIpc) is 2.60. The number of alkyl halides is 3. The molecule has 2 amide bonds. The molecular weight excluding hydrogens is 367 g/mol. The minimum atomic E-state index is -4.40. The Labute approximate surface area is 154 Å². The standard InChI is InChI=1S/C17H22F3N3O2S/c1-2-13-5-3-4-6-14(13)21-15(24)11-22-7-9-23(10-8-22)16(25)12-26-17(18,19)20/h3-6H,2,7-12H2,1H3,(H,21,24). The SMILES string of the molecule is CCc1ccccc1NC(=O)CN1CCN(C(=O)CSC(F)(F)F)CC1. The summed E-state index contributed by atoms with van der Waals surface area (Å²) in [4.78, 5) is 27.3. The highest BCUT2D eigenvalue weighted by atomic mass is 32.2. The first kappa shape index (κ1) is 20.6. The third kappa shape index (κ3) is 6.53. The average molecular weight is 389 g/mol. The lowest BCUT2D eigenvalue weighted by Crippen LogP contribution is -2.51. The van der Waals surface area contributed by atoms with Gasteiger partial charge in [0.1, 0.15) is 0 Å². The monoisotopic (exact) mass is 389 g/mol. The molecule has 1 heterocycles. The van der Waals surface area contributed by atoms with Crippen LogP contribution in [-0.4, -0.2) is 65.6 Å². The second kappa shape index (κ2) is 9.27. The van der Waals surface area contributed by atoms with Gasteiger partial charge in [-0.15, -0.1) is 0 Å². The quantitative estimate of drug-likeness (QED) is 0.813. The fourth-order valence-electron chi connectivity index (χ4n) is 2.73. The molecule has 0 aliphatic carbocycles. The molecule has 0 atom stereocenters. The Bertz CT molecular complexity index is 632. The zero-order valence-electron chi connectivity index (χ0n) is 14.5. The van der Waals surface area contributed by atoms with Crippen molar-refractivity contribution in [3.63, 3.8) is 0 Å². The number of carbonyl (C=O) groups excluding carboxylic acids is 2. The second-order valence-corrected chi connectivity index (χ2v) is 6.99. The van der Waals surface area contributed by atoms with E-state index in [1.807, 2.05) is 36.1 Å². The molecule has 26 heavy (non-hydrogen) atoms. The van der Waals surface area contributed by atoms with Crippen molar-refractivity contribution in [1.29, 1.82) is 0 Å². The highest BCUT2D eigenvalue weighted by Gasteiger charge is 2.31. The van der Waals surface area contributed by atoms with Crippen molar-refractivity contribution >= 4 is 29.3 Å². The van der Waals surface area contributed by atoms with E-state index in [0.717, 1.165) is 17.7 Å². The number of hydrogen-bond acceptors (Lipinski definition) is 4. The normalized spacial score (nSPS) is 15.8. The number of benzene rings is 1. The first-order valence-corrected chi connectivity index (χ1v) is 9.35. The number of anilines is 1. The number of nitrogens with one attached hydrogen (secondary N) is 1. The van der Waals surface area contributed by atoms with Gasteiger partial charge in [0.25, 0.3) is 0 Å². The van der Waals surface area contributed by atoms with Crippen molar-refractivity contribution in [2.45, 2.75) is 18.9 Å². The Morgan fingerprint density at radius 3 is 2.42 bits per heavy atom. The maximum absolute atomic E-state index is 12.2. The number of halogens is 3. The van der Waals surface area contributed by atoms with E-state index in [9.17, 15) is 22.8 Å². The Balaban J connectivity index is 1.76. The van der Waals surface area contributed by atoms with Gasteiger partial charge in [0.05, 0.1) is 12.3 Å². The van der Waals surface area contributed by atoms with Crippen LogP contribution in [0.1, 0.15) is 12.5 Å². The molecule has 0 saturated carbocycles. The van der Waals surface area contributed by atoms with Crippen LogP contribution < -0.4 is 5.32 Å². The zero-order chi connectivity index (χ0) is 19.2. The van der Waals surface area contributed by atoms with Crippen LogP contribution in [0.15, 0.2) is 24.3 Å². The summed E-state index contributed by atoms with van der Waals surface area (Å²) in [5.41, 5.74) is -2.55. The Morgan fingerprint density at radius 2 is 1.81 bits per heavy atom. The molecule has 0 radical (unpaired) electrons. The van der Waals surface area contributed by atoms with Gasteiger partial charge in [-0.2, -0.15) is 13.2 Å². The lowest BCUT2D eigenvalue weighted by atomic mass is 10.1. The van der Waals surface area contributed by atoms with Crippen LogP contribution in [0.3, 0.4) is 0 Å². The lowest BCUT2D eigenvalue weighted by Gasteiger charge is -2.34. The molecule has 1 N–H and O–H groups in total. The summed E-state index contributed by atoms with van der Waals surface area (Å²) in [6, 6.07) is 7.59. The van der Waals surface area contributed by atoms with Crippen LogP contribution in [0.5, 0.6) is 0 Å². The van der Waals surface area contributed by atoms with E-state index in [0.29, 0.717) is 26.2 Å². The Morgan fingerprint density at radius 1 is 1.15 bits per heavy atom. The molecule has 9 heteroatoms. The number of para-hydroxylation sites is 1. The molecule has 0 aromatic heterocycles. The van der Waals surface area contributed by atoms with Crippen molar-refractivity contribution in [3.8, 4) is 0 Å². The molecule has 1 aromatic rings. The minimum absolute atomic E-state index is 0.140. The maximum atomic E-state index is 12.2. The highest BCUT2D eigenvalue weighted by molar-refractivity contribution is 8.00. The van der Waals surface area contributed by atoms with E-state index in [-0.39, 0.29) is 24.2 Å². The number of amides is 2. The van der Waals surface area contributed by atoms with Gasteiger partial charge >= 0.3 is 5.51 Å². The summed E-state index contributed by atoms with van der Waals surface area (Å²) >= 11 is -0.317. The van der Waals surface area contributed by atoms with Gasteiger partial charge in [-0.25, -0.2) is 0 Å². The van der Waals surface area contributed by atoms with E-state index < -0.39 is 17.2 Å². The molecule has 1 fully saturated rings. The molecule has 1 aliphatic rings. The fourth-order valence-corrected chi connectivity index (χ4v) is 3.20. The third-order valence-corrected chi connectivity index (χ3v) is 4.84. The number of piperazine rings is 1. The minimum Gasteiger partial charge on any atom is -0.339 e. The van der Waals surface area contributed by atoms with E-state index in [2.05, 4.69) is 5.32 Å². The number of carbonyl (C=O) groups is 2. The molecular formula is C17H22F3N3O2S. The summed E-state index contributed by atoms with van der Waals surface area (Å²) in [5, 5.41) is 2.89. The van der Waals surface area contributed by atoms with Crippen LogP contribution in [-0.2, 0) is 16.0 Å². The van der Waals surface area contributed by atoms with Gasteiger partial charge in [0.15, 0.2) is 0 Å². The van der Waals surface area contributed by atoms with Crippen LogP contribution in [0, 0.1) is 0 Å². The van der Waals surface area contributed by atoms with E-state index in [1.165, 1.54) is 4.90 Å². The summed E-state index contributed by atoms with van der Waals surface area (Å²) in [6.45, 7) is 3.79. The van der Waals surface area contributed by atoms with E-state index in [4.69, 9.17) is 0 Å². The Kier molecular flexibility index (Phi) is 7.33. The van der Waals surface area contributed by atoms with Gasteiger partial charge in [-0.1, -0.05) is 25.1 Å². The first-order chi connectivity index (χ1) is 12.3. The highest BCUT2D eigenvalue weighted by Crippen LogP contribution is 2.30. The number of hydrogen-bond donors (Lipinski definition) is 1. The van der Waals surface area contributed by atoms with Crippen LogP contribution in [0.4, 0.5) is 18.9 Å². The summed E-state index contributed by atoms with van der Waals surface area (Å²) < 4.78 is 36.5. The number of rotatable bonds is 6. The molecule has 5 nitrogen and oxygen atoms in total. The summed E-state index contributed by atoms with van der Waals surface area (Å²) in [6.07, 6.45) is 0.813. The van der Waals surface area contributed by atoms with Crippen molar-refractivity contribution in [2.24, 2.45) is 0 Å². The molecule has 0 spiro atoms. The van der Waals surface area contributed by atoms with Crippen molar-refractivity contribution in [3.05, 3.63) is 29.8 Å². The van der Waals surface area contributed by atoms with Gasteiger partial charge in [0.2, 0.25) is 11.8 Å². The summed E-state index contributed by atoms with van der Waals surface area (Å²) in [7, 11) is 0. The lowest BCUT2D eigenvalue weighted by molar-refractivity contribution is -0.130. The first-order valence-electron chi connectivity index (χ1n) is 8.37. The predicted octanol–water partition coefficient (Wildman–Crippen LogP) is 2.58. The molecule has 1 saturated heterocycles. The van der Waals surface area contributed by atoms with Crippen LogP contribution in [0.2, 0.25) is 0 Å². The van der Waals surface area contributed by atoms with Crippen molar-refractivity contribution in [1.82, 2.24) is 9.80 Å². The van der Waals surface area contributed by atoms with E-state index in [1.54, 1.807) is 0 Å². The van der Waals surface area contributed by atoms with Gasteiger partial charge in [-0.3, -0.25) is 14.5 Å². The number of thioether (sulfide) groups is 1. The van der Waals surface area contributed by atoms with Gasteiger partial charge in [0, 0.05) is 31.9 Å². The maximum Gasteiger partial charge on any atom is 0.442 e. The molecule has 1 aromatic carbocycles. The smallest absolute Gasteiger partial charge is 0.339 e. The molecule has 1 aliphatic heterocycles. The van der Waals surface area contributed by atoms with Gasteiger partial charge in [-0.05, 0) is 29.8 Å². The van der Waals surface area contributed by atoms with Crippen LogP contribution >= 0.6 is 11.8 Å². The molecule has 2 rings (SSSR count). The fraction of sp³-hybridized carbons (Fsp3) is 0.529. The topological polar surface area (TPSA) is 52.7 Å².